The number of thiazole rings is 1. The maximum absolute atomic E-state index is 10.9. The topological polar surface area (TPSA) is 55.7 Å². The Morgan fingerprint density at radius 1 is 1.09 bits per heavy atom. The van der Waals surface area contributed by atoms with E-state index in [-0.39, 0.29) is 0 Å². The Bertz CT molecular complexity index is 799. The van der Waals surface area contributed by atoms with Gasteiger partial charge in [-0.1, -0.05) is 30.3 Å². The molecule has 23 heavy (non-hydrogen) atoms. The van der Waals surface area contributed by atoms with Gasteiger partial charge >= 0.3 is 0 Å². The summed E-state index contributed by atoms with van der Waals surface area (Å²) >= 11 is 1.36. The second-order valence-corrected chi connectivity index (χ2v) is 6.35. The Hall–Kier alpha value is -2.40. The molecule has 0 amide bonds. The van der Waals surface area contributed by atoms with Gasteiger partial charge in [-0.2, -0.15) is 0 Å². The highest BCUT2D eigenvalue weighted by Crippen LogP contribution is 2.25. The third kappa shape index (κ3) is 3.87. The monoisotopic (exact) mass is 323 g/mol. The van der Waals surface area contributed by atoms with Crippen LogP contribution in [0.25, 0.3) is 10.7 Å². The molecule has 0 aliphatic carbocycles. The standard InChI is InChI=1S/C18H17N3OS/c1-13-17(12-22)23-18(20-13)16-11-19-10-15(21-16)9-5-8-14-6-3-2-4-7-14/h2-4,6-7,10-12H,5,8-9H2,1H3. The third-order valence-electron chi connectivity index (χ3n) is 3.58. The zero-order chi connectivity index (χ0) is 16.1. The summed E-state index contributed by atoms with van der Waals surface area (Å²) in [6.45, 7) is 1.83. The molecule has 5 heteroatoms. The fourth-order valence-electron chi connectivity index (χ4n) is 2.38. The van der Waals surface area contributed by atoms with Gasteiger partial charge in [-0.3, -0.25) is 9.78 Å². The zero-order valence-corrected chi connectivity index (χ0v) is 13.7. The summed E-state index contributed by atoms with van der Waals surface area (Å²) < 4.78 is 0. The zero-order valence-electron chi connectivity index (χ0n) is 12.9. The van der Waals surface area contributed by atoms with Crippen molar-refractivity contribution in [1.82, 2.24) is 15.0 Å². The van der Waals surface area contributed by atoms with Crippen LogP contribution in [0.5, 0.6) is 0 Å². The summed E-state index contributed by atoms with van der Waals surface area (Å²) in [5, 5.41) is 0.752. The number of carbonyl (C=O) groups is 1. The van der Waals surface area contributed by atoms with E-state index in [4.69, 9.17) is 0 Å². The lowest BCUT2D eigenvalue weighted by Gasteiger charge is -2.03. The summed E-state index contributed by atoms with van der Waals surface area (Å²) in [5.74, 6) is 0. The van der Waals surface area contributed by atoms with Crippen molar-refractivity contribution in [2.45, 2.75) is 26.2 Å². The fourth-order valence-corrected chi connectivity index (χ4v) is 3.21. The van der Waals surface area contributed by atoms with E-state index in [1.54, 1.807) is 12.4 Å². The fraction of sp³-hybridized carbons (Fsp3) is 0.222. The van der Waals surface area contributed by atoms with Gasteiger partial charge in [0.05, 0.1) is 22.5 Å². The molecule has 0 fully saturated rings. The van der Waals surface area contributed by atoms with E-state index >= 15 is 0 Å². The number of aldehydes is 1. The first-order valence-electron chi connectivity index (χ1n) is 7.54. The van der Waals surface area contributed by atoms with Crippen molar-refractivity contribution in [2.75, 3.05) is 0 Å². The molecular formula is C18H17N3OS. The average molecular weight is 323 g/mol. The molecule has 3 aromatic rings. The van der Waals surface area contributed by atoms with Crippen molar-refractivity contribution in [3.8, 4) is 10.7 Å². The molecule has 0 aliphatic heterocycles. The lowest BCUT2D eigenvalue weighted by Crippen LogP contribution is -1.96. The van der Waals surface area contributed by atoms with Crippen LogP contribution in [0.2, 0.25) is 0 Å². The number of hydrogen-bond donors (Lipinski definition) is 0. The normalized spacial score (nSPS) is 10.7. The lowest BCUT2D eigenvalue weighted by atomic mass is 10.1. The summed E-state index contributed by atoms with van der Waals surface area (Å²) in [4.78, 5) is 24.9. The number of aryl methyl sites for hydroxylation is 3. The average Bonchev–Trinajstić information content (AvgIpc) is 2.97. The molecule has 0 radical (unpaired) electrons. The second-order valence-electron chi connectivity index (χ2n) is 5.32. The van der Waals surface area contributed by atoms with Crippen molar-refractivity contribution in [3.05, 3.63) is 64.6 Å². The highest BCUT2D eigenvalue weighted by Gasteiger charge is 2.10. The Balaban J connectivity index is 1.68. The first kappa shape index (κ1) is 15.5. The van der Waals surface area contributed by atoms with Crippen LogP contribution in [0, 0.1) is 6.92 Å². The number of carbonyl (C=O) groups excluding carboxylic acids is 1. The van der Waals surface area contributed by atoms with E-state index in [1.165, 1.54) is 16.9 Å². The van der Waals surface area contributed by atoms with Crippen molar-refractivity contribution in [1.29, 1.82) is 0 Å². The van der Waals surface area contributed by atoms with Crippen LogP contribution in [-0.4, -0.2) is 21.2 Å². The van der Waals surface area contributed by atoms with E-state index in [1.807, 2.05) is 13.0 Å². The molecule has 2 heterocycles. The van der Waals surface area contributed by atoms with Gasteiger partial charge in [-0.15, -0.1) is 11.3 Å². The summed E-state index contributed by atoms with van der Waals surface area (Å²) in [7, 11) is 0. The molecule has 0 atom stereocenters. The number of nitrogens with zero attached hydrogens (tertiary/aromatic N) is 3. The first-order valence-corrected chi connectivity index (χ1v) is 8.36. The van der Waals surface area contributed by atoms with Crippen molar-refractivity contribution in [2.24, 2.45) is 0 Å². The molecule has 0 aliphatic rings. The predicted octanol–water partition coefficient (Wildman–Crippen LogP) is 3.90. The molecule has 0 saturated carbocycles. The Morgan fingerprint density at radius 2 is 1.91 bits per heavy atom. The van der Waals surface area contributed by atoms with Gasteiger partial charge in [-0.05, 0) is 31.7 Å². The van der Waals surface area contributed by atoms with Crippen molar-refractivity contribution in [3.63, 3.8) is 0 Å². The van der Waals surface area contributed by atoms with Gasteiger partial charge < -0.3 is 0 Å². The van der Waals surface area contributed by atoms with Crippen LogP contribution in [0.15, 0.2) is 42.7 Å². The third-order valence-corrected chi connectivity index (χ3v) is 4.69. The largest absolute Gasteiger partial charge is 0.297 e. The van der Waals surface area contributed by atoms with Crippen molar-refractivity contribution >= 4 is 17.6 Å². The SMILES string of the molecule is Cc1nc(-c2cncc(CCCc3ccccc3)n2)sc1C=O. The van der Waals surface area contributed by atoms with E-state index in [0.717, 1.165) is 47.6 Å². The van der Waals surface area contributed by atoms with E-state index in [9.17, 15) is 4.79 Å². The maximum atomic E-state index is 10.9. The molecule has 3 rings (SSSR count). The van der Waals surface area contributed by atoms with Gasteiger partial charge in [0.25, 0.3) is 0 Å². The van der Waals surface area contributed by atoms with Gasteiger partial charge in [0, 0.05) is 6.20 Å². The van der Waals surface area contributed by atoms with Gasteiger partial charge in [0.15, 0.2) is 6.29 Å². The molecule has 1 aromatic carbocycles. The van der Waals surface area contributed by atoms with Gasteiger partial charge in [0.2, 0.25) is 0 Å². The van der Waals surface area contributed by atoms with Crippen LogP contribution in [-0.2, 0) is 12.8 Å². The summed E-state index contributed by atoms with van der Waals surface area (Å²) in [6.07, 6.45) is 7.27. The molecule has 4 nitrogen and oxygen atoms in total. The van der Waals surface area contributed by atoms with Crippen LogP contribution in [0.1, 0.15) is 33.0 Å². The van der Waals surface area contributed by atoms with E-state index < -0.39 is 0 Å². The molecule has 116 valence electrons. The smallest absolute Gasteiger partial charge is 0.161 e. The minimum Gasteiger partial charge on any atom is -0.297 e. The summed E-state index contributed by atoms with van der Waals surface area (Å²) in [5.41, 5.74) is 3.78. The van der Waals surface area contributed by atoms with Crippen LogP contribution in [0.4, 0.5) is 0 Å². The van der Waals surface area contributed by atoms with Gasteiger partial charge in [0.1, 0.15) is 10.7 Å². The van der Waals surface area contributed by atoms with Crippen LogP contribution >= 0.6 is 11.3 Å². The highest BCUT2D eigenvalue weighted by atomic mass is 32.1. The highest BCUT2D eigenvalue weighted by molar-refractivity contribution is 7.16. The minimum atomic E-state index is 0.649. The number of rotatable bonds is 6. The Kier molecular flexibility index (Phi) is 4.88. The van der Waals surface area contributed by atoms with Crippen molar-refractivity contribution < 1.29 is 4.79 Å². The minimum absolute atomic E-state index is 0.649. The molecule has 0 N–H and O–H groups in total. The van der Waals surface area contributed by atoms with Crippen LogP contribution < -0.4 is 0 Å². The Labute approximate surface area is 139 Å². The quantitative estimate of drug-likeness (QED) is 0.646. The molecule has 2 aromatic heterocycles. The second kappa shape index (κ2) is 7.24. The van der Waals surface area contributed by atoms with Crippen LogP contribution in [0.3, 0.4) is 0 Å². The number of benzene rings is 1. The molecule has 0 spiro atoms. The summed E-state index contributed by atoms with van der Waals surface area (Å²) in [6, 6.07) is 10.4. The van der Waals surface area contributed by atoms with E-state index in [0.29, 0.717) is 4.88 Å². The van der Waals surface area contributed by atoms with E-state index in [2.05, 4.69) is 39.2 Å². The molecule has 0 bridgehead atoms. The molecule has 0 saturated heterocycles. The first-order chi connectivity index (χ1) is 11.3. The Morgan fingerprint density at radius 3 is 2.65 bits per heavy atom. The molecular weight excluding hydrogens is 306 g/mol. The number of aromatic nitrogens is 3. The molecule has 0 unspecified atom stereocenters. The predicted molar refractivity (Wildman–Crippen MR) is 91.7 cm³/mol. The van der Waals surface area contributed by atoms with Gasteiger partial charge in [-0.25, -0.2) is 9.97 Å². The maximum Gasteiger partial charge on any atom is 0.161 e. The number of hydrogen-bond acceptors (Lipinski definition) is 5. The lowest BCUT2D eigenvalue weighted by molar-refractivity contribution is 0.112.